The number of nitrogens with one attached hydrogen (secondary N) is 2. The van der Waals surface area contributed by atoms with Gasteiger partial charge in [-0.25, -0.2) is 13.1 Å². The van der Waals surface area contributed by atoms with E-state index >= 15 is 0 Å². The van der Waals surface area contributed by atoms with Gasteiger partial charge in [0.25, 0.3) is 0 Å². The number of amides is 1. The fraction of sp³-hybridized carbons (Fsp3) is 0.250. The second-order valence-corrected chi connectivity index (χ2v) is 8.71. The van der Waals surface area contributed by atoms with Crippen LogP contribution in [0, 0.1) is 6.92 Å². The van der Waals surface area contributed by atoms with Crippen molar-refractivity contribution in [2.45, 2.75) is 31.2 Å². The molecule has 1 aliphatic rings. The van der Waals surface area contributed by atoms with Crippen LogP contribution in [0.15, 0.2) is 47.4 Å². The molecule has 1 aliphatic heterocycles. The molecule has 0 aliphatic carbocycles. The van der Waals surface area contributed by atoms with E-state index in [0.29, 0.717) is 12.8 Å². The Morgan fingerprint density at radius 1 is 1.11 bits per heavy atom. The molecule has 0 fully saturated rings. The molecule has 4 rings (SSSR count). The van der Waals surface area contributed by atoms with Gasteiger partial charge in [0.1, 0.15) is 0 Å². The number of aromatic nitrogens is 1. The third kappa shape index (κ3) is 3.36. The lowest BCUT2D eigenvalue weighted by molar-refractivity contribution is -0.118. The van der Waals surface area contributed by atoms with Gasteiger partial charge in [0.15, 0.2) is 0 Å². The normalized spacial score (nSPS) is 14.6. The van der Waals surface area contributed by atoms with Crippen LogP contribution in [0.3, 0.4) is 0 Å². The van der Waals surface area contributed by atoms with Crippen molar-refractivity contribution < 1.29 is 13.2 Å². The maximum absolute atomic E-state index is 12.7. The highest BCUT2D eigenvalue weighted by molar-refractivity contribution is 7.89. The van der Waals surface area contributed by atoms with Crippen molar-refractivity contribution in [3.63, 3.8) is 0 Å². The average Bonchev–Trinajstić information content (AvgIpc) is 3.02. The third-order valence-electron chi connectivity index (χ3n) is 4.99. The smallest absolute Gasteiger partial charge is 0.240 e. The maximum Gasteiger partial charge on any atom is 0.240 e. The summed E-state index contributed by atoms with van der Waals surface area (Å²) in [5, 5.41) is 1.06. The largest absolute Gasteiger partial charge is 0.359 e. The van der Waals surface area contributed by atoms with Gasteiger partial charge in [0.2, 0.25) is 15.9 Å². The second-order valence-electron chi connectivity index (χ2n) is 6.94. The number of nitrogens with zero attached hydrogens (tertiary/aromatic N) is 1. The van der Waals surface area contributed by atoms with Gasteiger partial charge in [-0.05, 0) is 66.3 Å². The molecule has 6 nitrogen and oxygen atoms in total. The fourth-order valence-corrected chi connectivity index (χ4v) is 4.57. The minimum absolute atomic E-state index is 0.0478. The predicted molar refractivity (Wildman–Crippen MR) is 105 cm³/mol. The molecule has 0 atom stereocenters. The van der Waals surface area contributed by atoms with Gasteiger partial charge in [-0.3, -0.25) is 4.79 Å². The Morgan fingerprint density at radius 3 is 2.74 bits per heavy atom. The van der Waals surface area contributed by atoms with Gasteiger partial charge >= 0.3 is 0 Å². The fourth-order valence-electron chi connectivity index (χ4n) is 3.50. The molecule has 1 amide bonds. The molecule has 2 aromatic carbocycles. The van der Waals surface area contributed by atoms with E-state index in [9.17, 15) is 13.2 Å². The molecule has 2 N–H and O–H groups in total. The molecule has 140 valence electrons. The van der Waals surface area contributed by atoms with Crippen molar-refractivity contribution in [1.29, 1.82) is 0 Å². The lowest BCUT2D eigenvalue weighted by Crippen LogP contribution is -2.31. The second kappa shape index (κ2) is 6.51. The number of carbonyl (C=O) groups excluding carboxylic acids is 1. The van der Waals surface area contributed by atoms with Crippen LogP contribution in [0.4, 0.5) is 5.69 Å². The summed E-state index contributed by atoms with van der Waals surface area (Å²) < 4.78 is 28.1. The molecule has 0 spiro atoms. The molecule has 0 saturated carbocycles. The Morgan fingerprint density at radius 2 is 1.93 bits per heavy atom. The van der Waals surface area contributed by atoms with Crippen molar-refractivity contribution in [3.05, 3.63) is 59.3 Å². The van der Waals surface area contributed by atoms with E-state index in [1.807, 2.05) is 31.2 Å². The van der Waals surface area contributed by atoms with Crippen LogP contribution in [-0.4, -0.2) is 26.4 Å². The van der Waals surface area contributed by atoms with E-state index in [1.54, 1.807) is 30.1 Å². The van der Waals surface area contributed by atoms with Crippen LogP contribution in [0.25, 0.3) is 10.9 Å². The molecular weight excluding hydrogens is 362 g/mol. The quantitative estimate of drug-likeness (QED) is 0.727. The molecule has 7 heteroatoms. The third-order valence-corrected chi connectivity index (χ3v) is 6.39. The minimum Gasteiger partial charge on any atom is -0.359 e. The molecule has 0 unspecified atom stereocenters. The molecule has 0 radical (unpaired) electrons. The number of hydrogen-bond acceptors (Lipinski definition) is 3. The number of hydrogen-bond donors (Lipinski definition) is 2. The van der Waals surface area contributed by atoms with Gasteiger partial charge in [-0.2, -0.15) is 0 Å². The molecular formula is C20H21N3O3S. The van der Waals surface area contributed by atoms with E-state index in [1.165, 1.54) is 0 Å². The van der Waals surface area contributed by atoms with Gasteiger partial charge in [0.05, 0.1) is 4.90 Å². The summed E-state index contributed by atoms with van der Waals surface area (Å²) >= 11 is 0. The first-order valence-electron chi connectivity index (χ1n) is 8.81. The minimum atomic E-state index is -3.63. The zero-order valence-electron chi connectivity index (χ0n) is 15.2. The van der Waals surface area contributed by atoms with E-state index in [-0.39, 0.29) is 17.3 Å². The first-order chi connectivity index (χ1) is 12.8. The van der Waals surface area contributed by atoms with Crippen LogP contribution in [0.1, 0.15) is 23.2 Å². The van der Waals surface area contributed by atoms with Gasteiger partial charge < -0.3 is 9.88 Å². The Hall–Kier alpha value is -2.64. The Bertz CT molecular complexity index is 1150. The first-order valence-corrected chi connectivity index (χ1v) is 10.3. The van der Waals surface area contributed by atoms with Crippen LogP contribution in [-0.2, 0) is 27.8 Å². The van der Waals surface area contributed by atoms with Crippen LogP contribution >= 0.6 is 0 Å². The monoisotopic (exact) mass is 383 g/mol. The molecule has 0 saturated heterocycles. The lowest BCUT2D eigenvalue weighted by Gasteiger charge is -2.26. The van der Waals surface area contributed by atoms with Crippen LogP contribution in [0.2, 0.25) is 0 Å². The van der Waals surface area contributed by atoms with Crippen molar-refractivity contribution in [3.8, 4) is 0 Å². The zero-order chi connectivity index (χ0) is 19.2. The Labute approximate surface area is 158 Å². The summed E-state index contributed by atoms with van der Waals surface area (Å²) in [6.07, 6.45) is 0.960. The summed E-state index contributed by atoms with van der Waals surface area (Å²) in [5.74, 6) is 0.0478. The highest BCUT2D eigenvalue weighted by Gasteiger charge is 2.23. The number of rotatable bonds is 4. The average molecular weight is 383 g/mol. The molecule has 2 heterocycles. The SMILES string of the molecule is Cc1cc2cc(CNS(=O)(=O)c3ccc4c(c3)CCC(=O)N4C)ccc2[nH]1. The lowest BCUT2D eigenvalue weighted by atomic mass is 10.0. The van der Waals surface area contributed by atoms with Crippen molar-refractivity contribution in [2.24, 2.45) is 0 Å². The maximum atomic E-state index is 12.7. The first kappa shape index (κ1) is 17.8. The zero-order valence-corrected chi connectivity index (χ0v) is 16.1. The highest BCUT2D eigenvalue weighted by Crippen LogP contribution is 2.29. The summed E-state index contributed by atoms with van der Waals surface area (Å²) in [6.45, 7) is 2.21. The van der Waals surface area contributed by atoms with Crippen LogP contribution in [0.5, 0.6) is 0 Å². The number of anilines is 1. The van der Waals surface area contributed by atoms with Crippen molar-refractivity contribution >= 4 is 32.5 Å². The van der Waals surface area contributed by atoms with Crippen LogP contribution < -0.4 is 9.62 Å². The van der Waals surface area contributed by atoms with E-state index in [2.05, 4.69) is 9.71 Å². The standard InChI is InChI=1S/C20H21N3O3S/c1-13-9-16-10-14(3-6-18(16)22-13)12-21-27(25,26)17-5-7-19-15(11-17)4-8-20(24)23(19)2/h3,5-7,9-11,21-22H,4,8,12H2,1-2H3. The van der Waals surface area contributed by atoms with Crippen molar-refractivity contribution in [1.82, 2.24) is 9.71 Å². The molecule has 1 aromatic heterocycles. The topological polar surface area (TPSA) is 82.3 Å². The van der Waals surface area contributed by atoms with E-state index in [4.69, 9.17) is 0 Å². The number of aromatic amines is 1. The van der Waals surface area contributed by atoms with E-state index < -0.39 is 10.0 Å². The number of H-pyrrole nitrogens is 1. The van der Waals surface area contributed by atoms with Gasteiger partial charge in [-0.15, -0.1) is 0 Å². The van der Waals surface area contributed by atoms with Gasteiger partial charge in [0, 0.05) is 36.9 Å². The Kier molecular flexibility index (Phi) is 4.28. The summed E-state index contributed by atoms with van der Waals surface area (Å²) in [6, 6.07) is 12.8. The molecule has 0 bridgehead atoms. The van der Waals surface area contributed by atoms with Gasteiger partial charge in [-0.1, -0.05) is 6.07 Å². The predicted octanol–water partition coefficient (Wildman–Crippen LogP) is 2.86. The molecule has 3 aromatic rings. The highest BCUT2D eigenvalue weighted by atomic mass is 32.2. The number of carbonyl (C=O) groups is 1. The van der Waals surface area contributed by atoms with Crippen molar-refractivity contribution in [2.75, 3.05) is 11.9 Å². The number of benzene rings is 2. The summed E-state index contributed by atoms with van der Waals surface area (Å²) in [5.41, 5.74) is 4.66. The van der Waals surface area contributed by atoms with E-state index in [0.717, 1.165) is 33.4 Å². The Balaban J connectivity index is 1.55. The number of fused-ring (bicyclic) bond motifs is 2. The summed E-state index contributed by atoms with van der Waals surface area (Å²) in [4.78, 5) is 16.8. The number of sulfonamides is 1. The summed E-state index contributed by atoms with van der Waals surface area (Å²) in [7, 11) is -1.92. The molecule has 27 heavy (non-hydrogen) atoms. The number of aryl methyl sites for hydroxylation is 2.